The van der Waals surface area contributed by atoms with Crippen molar-refractivity contribution >= 4 is 34.3 Å². The first-order valence-corrected chi connectivity index (χ1v) is 6.29. The maximum absolute atomic E-state index is 13.3. The van der Waals surface area contributed by atoms with Gasteiger partial charge in [-0.25, -0.2) is 4.39 Å². The Morgan fingerprint density at radius 1 is 1.41 bits per heavy atom. The van der Waals surface area contributed by atoms with Gasteiger partial charge in [0.05, 0.1) is 16.4 Å². The van der Waals surface area contributed by atoms with Gasteiger partial charge in [0, 0.05) is 22.4 Å². The summed E-state index contributed by atoms with van der Waals surface area (Å²) < 4.78 is 13.3. The maximum atomic E-state index is 13.3. The molecule has 17 heavy (non-hydrogen) atoms. The van der Waals surface area contributed by atoms with Crippen LogP contribution in [-0.2, 0) is 6.54 Å². The summed E-state index contributed by atoms with van der Waals surface area (Å²) in [5.41, 5.74) is 6.77. The monoisotopic (exact) mass is 270 g/mol. The van der Waals surface area contributed by atoms with E-state index in [2.05, 4.69) is 5.32 Å². The van der Waals surface area contributed by atoms with E-state index >= 15 is 0 Å². The van der Waals surface area contributed by atoms with E-state index in [0.29, 0.717) is 17.9 Å². The molecule has 5 heteroatoms. The first-order valence-electron chi connectivity index (χ1n) is 5.10. The van der Waals surface area contributed by atoms with Crippen LogP contribution >= 0.6 is 22.9 Å². The zero-order chi connectivity index (χ0) is 12.4. The van der Waals surface area contributed by atoms with Gasteiger partial charge in [0.1, 0.15) is 5.82 Å². The Morgan fingerprint density at radius 2 is 2.18 bits per heavy atom. The summed E-state index contributed by atoms with van der Waals surface area (Å²) in [6, 6.07) is 6.82. The molecule has 0 saturated heterocycles. The number of nitrogens with two attached hydrogens (primary N) is 1. The van der Waals surface area contributed by atoms with E-state index in [1.807, 2.05) is 19.1 Å². The molecule has 0 amide bonds. The first kappa shape index (κ1) is 12.2. The Kier molecular flexibility index (Phi) is 3.54. The highest BCUT2D eigenvalue weighted by molar-refractivity contribution is 7.11. The Morgan fingerprint density at radius 3 is 2.82 bits per heavy atom. The number of rotatable bonds is 3. The Hall–Kier alpha value is -1.26. The molecule has 2 aromatic rings. The fourth-order valence-electron chi connectivity index (χ4n) is 1.48. The van der Waals surface area contributed by atoms with Crippen molar-refractivity contribution in [2.24, 2.45) is 0 Å². The third kappa shape index (κ3) is 2.90. The fraction of sp³-hybridized carbons (Fsp3) is 0.167. The number of anilines is 2. The van der Waals surface area contributed by atoms with Gasteiger partial charge in [0.25, 0.3) is 0 Å². The minimum absolute atomic E-state index is 0.0417. The summed E-state index contributed by atoms with van der Waals surface area (Å²) in [7, 11) is 0. The van der Waals surface area contributed by atoms with Crippen molar-refractivity contribution in [2.75, 3.05) is 11.1 Å². The fourth-order valence-corrected chi connectivity index (χ4v) is 2.48. The summed E-state index contributed by atoms with van der Waals surface area (Å²) >= 11 is 7.32. The van der Waals surface area contributed by atoms with Crippen LogP contribution in [0.1, 0.15) is 9.75 Å². The summed E-state index contributed by atoms with van der Waals surface area (Å²) in [4.78, 5) is 2.43. The summed E-state index contributed by atoms with van der Waals surface area (Å²) in [5.74, 6) is -0.467. The molecule has 90 valence electrons. The van der Waals surface area contributed by atoms with Crippen LogP contribution in [0, 0.1) is 12.7 Å². The standard InChI is InChI=1S/C12H12ClFN2S/c1-7-2-3-8(17-7)6-16-12-5-10(14)9(13)4-11(12)15/h2-5,16H,6,15H2,1H3. The molecule has 0 atom stereocenters. The van der Waals surface area contributed by atoms with Crippen LogP contribution < -0.4 is 11.1 Å². The second-order valence-electron chi connectivity index (χ2n) is 3.72. The van der Waals surface area contributed by atoms with E-state index in [1.54, 1.807) is 11.3 Å². The second-order valence-corrected chi connectivity index (χ2v) is 5.50. The molecule has 0 fully saturated rings. The molecule has 0 radical (unpaired) electrons. The van der Waals surface area contributed by atoms with Crippen molar-refractivity contribution in [1.29, 1.82) is 0 Å². The molecule has 1 heterocycles. The molecule has 3 N–H and O–H groups in total. The van der Waals surface area contributed by atoms with Crippen LogP contribution in [0.5, 0.6) is 0 Å². The molecule has 2 rings (SSSR count). The van der Waals surface area contributed by atoms with Gasteiger partial charge < -0.3 is 11.1 Å². The molecule has 0 aliphatic rings. The van der Waals surface area contributed by atoms with Gasteiger partial charge in [0.15, 0.2) is 0 Å². The number of benzene rings is 1. The first-order chi connectivity index (χ1) is 8.06. The highest BCUT2D eigenvalue weighted by Gasteiger charge is 2.06. The molecule has 1 aromatic carbocycles. The number of halogens is 2. The van der Waals surface area contributed by atoms with E-state index in [0.717, 1.165) is 0 Å². The maximum Gasteiger partial charge on any atom is 0.143 e. The van der Waals surface area contributed by atoms with Crippen LogP contribution in [0.15, 0.2) is 24.3 Å². The molecule has 0 bridgehead atoms. The molecule has 0 unspecified atom stereocenters. The normalized spacial score (nSPS) is 10.5. The van der Waals surface area contributed by atoms with Gasteiger partial charge in [-0.05, 0) is 25.1 Å². The SMILES string of the molecule is Cc1ccc(CNc2cc(F)c(Cl)cc2N)s1. The van der Waals surface area contributed by atoms with Crippen LogP contribution in [0.4, 0.5) is 15.8 Å². The van der Waals surface area contributed by atoms with E-state index in [1.165, 1.54) is 21.9 Å². The average Bonchev–Trinajstić information content (AvgIpc) is 2.68. The molecule has 2 nitrogen and oxygen atoms in total. The number of aryl methyl sites for hydroxylation is 1. The number of thiophene rings is 1. The minimum Gasteiger partial charge on any atom is -0.397 e. The van der Waals surface area contributed by atoms with Gasteiger partial charge >= 0.3 is 0 Å². The lowest BCUT2D eigenvalue weighted by atomic mass is 10.2. The molecular weight excluding hydrogens is 259 g/mol. The molecule has 0 saturated carbocycles. The van der Waals surface area contributed by atoms with Gasteiger partial charge in [-0.2, -0.15) is 0 Å². The van der Waals surface area contributed by atoms with Crippen molar-refractivity contribution in [1.82, 2.24) is 0 Å². The quantitative estimate of drug-likeness (QED) is 0.826. The average molecular weight is 271 g/mol. The zero-order valence-electron chi connectivity index (χ0n) is 9.26. The van der Waals surface area contributed by atoms with Gasteiger partial charge in [0.2, 0.25) is 0 Å². The zero-order valence-corrected chi connectivity index (χ0v) is 10.8. The lowest BCUT2D eigenvalue weighted by Gasteiger charge is -2.09. The second kappa shape index (κ2) is 4.94. The Labute approximate surface area is 108 Å². The van der Waals surface area contributed by atoms with Crippen LogP contribution in [0.3, 0.4) is 0 Å². The molecule has 0 aliphatic heterocycles. The summed E-state index contributed by atoms with van der Waals surface area (Å²) in [6.07, 6.45) is 0. The van der Waals surface area contributed by atoms with Crippen molar-refractivity contribution in [3.63, 3.8) is 0 Å². The minimum atomic E-state index is -0.467. The van der Waals surface area contributed by atoms with Crippen molar-refractivity contribution in [3.8, 4) is 0 Å². The van der Waals surface area contributed by atoms with Gasteiger partial charge in [-0.3, -0.25) is 0 Å². The van der Waals surface area contributed by atoms with Crippen molar-refractivity contribution in [2.45, 2.75) is 13.5 Å². The highest BCUT2D eigenvalue weighted by Crippen LogP contribution is 2.27. The predicted octanol–water partition coefficient (Wildman–Crippen LogP) is 4.04. The Balaban J connectivity index is 2.11. The van der Waals surface area contributed by atoms with E-state index < -0.39 is 5.82 Å². The van der Waals surface area contributed by atoms with Crippen LogP contribution in [-0.4, -0.2) is 0 Å². The van der Waals surface area contributed by atoms with Crippen molar-refractivity contribution in [3.05, 3.63) is 44.9 Å². The number of hydrogen-bond acceptors (Lipinski definition) is 3. The third-order valence-electron chi connectivity index (χ3n) is 2.34. The predicted molar refractivity (Wildman–Crippen MR) is 72.2 cm³/mol. The molecule has 0 aliphatic carbocycles. The smallest absolute Gasteiger partial charge is 0.143 e. The number of nitrogens with one attached hydrogen (secondary N) is 1. The van der Waals surface area contributed by atoms with Crippen LogP contribution in [0.25, 0.3) is 0 Å². The third-order valence-corrected chi connectivity index (χ3v) is 3.63. The molecular formula is C12H12ClFN2S. The van der Waals surface area contributed by atoms with Gasteiger partial charge in [-0.1, -0.05) is 11.6 Å². The van der Waals surface area contributed by atoms with E-state index in [9.17, 15) is 4.39 Å². The Bertz CT molecular complexity index is 539. The summed E-state index contributed by atoms with van der Waals surface area (Å²) in [6.45, 7) is 2.67. The largest absolute Gasteiger partial charge is 0.397 e. The molecule has 0 spiro atoms. The molecule has 1 aromatic heterocycles. The summed E-state index contributed by atoms with van der Waals surface area (Å²) in [5, 5.41) is 3.14. The van der Waals surface area contributed by atoms with Crippen molar-refractivity contribution < 1.29 is 4.39 Å². The topological polar surface area (TPSA) is 38.0 Å². The lowest BCUT2D eigenvalue weighted by Crippen LogP contribution is -2.02. The highest BCUT2D eigenvalue weighted by atomic mass is 35.5. The lowest BCUT2D eigenvalue weighted by molar-refractivity contribution is 0.629. The van der Waals surface area contributed by atoms with E-state index in [-0.39, 0.29) is 5.02 Å². The number of hydrogen-bond donors (Lipinski definition) is 2. The van der Waals surface area contributed by atoms with Crippen LogP contribution in [0.2, 0.25) is 5.02 Å². The number of nitrogen functional groups attached to an aromatic ring is 1. The van der Waals surface area contributed by atoms with E-state index in [4.69, 9.17) is 17.3 Å². The van der Waals surface area contributed by atoms with Gasteiger partial charge in [-0.15, -0.1) is 11.3 Å².